The molecule has 0 spiro atoms. The Hall–Kier alpha value is -1.79. The summed E-state index contributed by atoms with van der Waals surface area (Å²) in [4.78, 5) is 4.66. The number of aromatic nitrogens is 3. The van der Waals surface area contributed by atoms with Gasteiger partial charge >= 0.3 is 0 Å². The fourth-order valence-corrected chi connectivity index (χ4v) is 3.17. The summed E-state index contributed by atoms with van der Waals surface area (Å²) in [7, 11) is 1.86. The predicted molar refractivity (Wildman–Crippen MR) is 79.8 cm³/mol. The molecule has 0 saturated heterocycles. The van der Waals surface area contributed by atoms with E-state index in [-0.39, 0.29) is 0 Å². The maximum absolute atomic E-state index is 4.66. The van der Waals surface area contributed by atoms with Crippen molar-refractivity contribution in [1.82, 2.24) is 13.7 Å². The molecule has 2 aromatic heterocycles. The van der Waals surface area contributed by atoms with Crippen molar-refractivity contribution < 1.29 is 0 Å². The molecule has 0 aliphatic carbocycles. The maximum atomic E-state index is 4.66. The number of hydrogen-bond acceptors (Lipinski definition) is 6. The van der Waals surface area contributed by atoms with E-state index < -0.39 is 0 Å². The lowest BCUT2D eigenvalue weighted by atomic mass is 10.2. The molecule has 0 radical (unpaired) electrons. The topological polar surface area (TPSA) is 50.7 Å². The van der Waals surface area contributed by atoms with Gasteiger partial charge in [-0.2, -0.15) is 8.75 Å². The van der Waals surface area contributed by atoms with Gasteiger partial charge in [0.2, 0.25) is 0 Å². The molecule has 19 heavy (non-hydrogen) atoms. The van der Waals surface area contributed by atoms with Gasteiger partial charge in [-0.1, -0.05) is 30.3 Å². The van der Waals surface area contributed by atoms with Gasteiger partial charge in [0.1, 0.15) is 5.69 Å². The lowest BCUT2D eigenvalue weighted by molar-refractivity contribution is 1.09. The Kier molecular flexibility index (Phi) is 3.52. The first-order valence-electron chi connectivity index (χ1n) is 5.86. The smallest absolute Gasteiger partial charge is 0.163 e. The van der Waals surface area contributed by atoms with Gasteiger partial charge in [0, 0.05) is 24.4 Å². The second-order valence-electron chi connectivity index (χ2n) is 3.98. The zero-order valence-corrected chi connectivity index (χ0v) is 12.0. The van der Waals surface area contributed by atoms with Crippen LogP contribution in [-0.2, 0) is 6.42 Å². The van der Waals surface area contributed by atoms with E-state index >= 15 is 0 Å². The number of benzene rings is 1. The molecule has 0 bridgehead atoms. The van der Waals surface area contributed by atoms with E-state index in [0.29, 0.717) is 0 Å². The fourth-order valence-electron chi connectivity index (χ4n) is 1.79. The average molecular weight is 288 g/mol. The van der Waals surface area contributed by atoms with Crippen molar-refractivity contribution in [3.05, 3.63) is 46.4 Å². The summed E-state index contributed by atoms with van der Waals surface area (Å²) in [5, 5.41) is 6.19. The number of thiazole rings is 1. The summed E-state index contributed by atoms with van der Waals surface area (Å²) >= 11 is 2.89. The van der Waals surface area contributed by atoms with Crippen LogP contribution in [0.25, 0.3) is 11.3 Å². The lowest BCUT2D eigenvalue weighted by Crippen LogP contribution is -1.95. The molecule has 2 heterocycles. The van der Waals surface area contributed by atoms with Gasteiger partial charge in [0.25, 0.3) is 0 Å². The molecule has 6 heteroatoms. The van der Waals surface area contributed by atoms with Gasteiger partial charge in [-0.05, 0) is 0 Å². The highest BCUT2D eigenvalue weighted by Gasteiger charge is 2.10. The maximum Gasteiger partial charge on any atom is 0.163 e. The summed E-state index contributed by atoms with van der Waals surface area (Å²) < 4.78 is 8.49. The monoisotopic (exact) mass is 288 g/mol. The third-order valence-corrected chi connectivity index (χ3v) is 4.15. The third kappa shape index (κ3) is 2.64. The van der Waals surface area contributed by atoms with Crippen LogP contribution in [0.2, 0.25) is 0 Å². The molecule has 0 aliphatic heterocycles. The van der Waals surface area contributed by atoms with Crippen LogP contribution in [0.3, 0.4) is 0 Å². The van der Waals surface area contributed by atoms with E-state index in [1.54, 1.807) is 11.3 Å². The van der Waals surface area contributed by atoms with Crippen LogP contribution in [0.5, 0.6) is 0 Å². The van der Waals surface area contributed by atoms with Gasteiger partial charge in [-0.15, -0.1) is 11.3 Å². The second kappa shape index (κ2) is 5.46. The second-order valence-corrected chi connectivity index (χ2v) is 5.45. The first-order chi connectivity index (χ1) is 9.36. The molecule has 4 nitrogen and oxygen atoms in total. The third-order valence-electron chi connectivity index (χ3n) is 2.73. The zero-order valence-electron chi connectivity index (χ0n) is 10.3. The molecule has 3 aromatic rings. The van der Waals surface area contributed by atoms with Gasteiger partial charge < -0.3 is 5.32 Å². The molecule has 1 aromatic carbocycles. The molecule has 0 unspecified atom stereocenters. The van der Waals surface area contributed by atoms with Crippen molar-refractivity contribution in [2.45, 2.75) is 6.42 Å². The Morgan fingerprint density at radius 1 is 1.16 bits per heavy atom. The van der Waals surface area contributed by atoms with Crippen molar-refractivity contribution in [2.24, 2.45) is 0 Å². The van der Waals surface area contributed by atoms with Crippen LogP contribution in [0.1, 0.15) is 10.7 Å². The number of hydrogen-bond donors (Lipinski definition) is 1. The highest BCUT2D eigenvalue weighted by Crippen LogP contribution is 2.24. The molecular weight excluding hydrogens is 276 g/mol. The van der Waals surface area contributed by atoms with Crippen LogP contribution < -0.4 is 5.32 Å². The Morgan fingerprint density at radius 3 is 2.79 bits per heavy atom. The number of nitrogens with one attached hydrogen (secondary N) is 1. The van der Waals surface area contributed by atoms with E-state index in [4.69, 9.17) is 0 Å². The van der Waals surface area contributed by atoms with Crippen molar-refractivity contribution >= 4 is 28.9 Å². The molecule has 0 fully saturated rings. The van der Waals surface area contributed by atoms with Crippen molar-refractivity contribution in [3.63, 3.8) is 0 Å². The normalized spacial score (nSPS) is 10.6. The Morgan fingerprint density at radius 2 is 2.00 bits per heavy atom. The minimum absolute atomic E-state index is 0.726. The van der Waals surface area contributed by atoms with Gasteiger partial charge in [-0.25, -0.2) is 4.98 Å². The molecule has 3 rings (SSSR count). The molecule has 0 atom stereocenters. The van der Waals surface area contributed by atoms with Crippen LogP contribution in [-0.4, -0.2) is 20.8 Å². The first-order valence-corrected chi connectivity index (χ1v) is 7.47. The highest BCUT2D eigenvalue weighted by molar-refractivity contribution is 7.10. The summed E-state index contributed by atoms with van der Waals surface area (Å²) in [6, 6.07) is 10.2. The minimum Gasteiger partial charge on any atom is -0.371 e. The van der Waals surface area contributed by atoms with Crippen molar-refractivity contribution in [2.75, 3.05) is 12.4 Å². The number of nitrogens with zero attached hydrogens (tertiary/aromatic N) is 3. The van der Waals surface area contributed by atoms with E-state index in [2.05, 4.69) is 36.6 Å². The van der Waals surface area contributed by atoms with E-state index in [0.717, 1.165) is 34.2 Å². The Balaban J connectivity index is 1.82. The van der Waals surface area contributed by atoms with Crippen molar-refractivity contribution in [1.29, 1.82) is 0 Å². The number of rotatable bonds is 4. The van der Waals surface area contributed by atoms with Crippen molar-refractivity contribution in [3.8, 4) is 11.3 Å². The zero-order chi connectivity index (χ0) is 13.1. The summed E-state index contributed by atoms with van der Waals surface area (Å²) in [5.41, 5.74) is 3.13. The highest BCUT2D eigenvalue weighted by atomic mass is 32.1. The standard InChI is InChI=1S/C13H12N4S2/c1-14-13-10(16-19-17-13)7-12-15-11(8-18-12)9-5-3-2-4-6-9/h2-6,8H,7H2,1H3,(H,14,17). The molecule has 0 amide bonds. The van der Waals surface area contributed by atoms with Crippen LogP contribution >= 0.6 is 23.1 Å². The predicted octanol–water partition coefficient (Wildman–Crippen LogP) is 3.29. The molecule has 1 N–H and O–H groups in total. The van der Waals surface area contributed by atoms with E-state index in [9.17, 15) is 0 Å². The van der Waals surface area contributed by atoms with Crippen LogP contribution in [0.15, 0.2) is 35.7 Å². The summed E-state index contributed by atoms with van der Waals surface area (Å²) in [6.07, 6.45) is 0.726. The van der Waals surface area contributed by atoms with Gasteiger partial charge in [0.05, 0.1) is 22.4 Å². The first kappa shape index (κ1) is 12.3. The summed E-state index contributed by atoms with van der Waals surface area (Å²) in [5.74, 6) is 0.849. The average Bonchev–Trinajstić information content (AvgIpc) is 3.09. The molecular formula is C13H12N4S2. The lowest BCUT2D eigenvalue weighted by Gasteiger charge is -1.97. The van der Waals surface area contributed by atoms with Crippen LogP contribution in [0.4, 0.5) is 5.82 Å². The van der Waals surface area contributed by atoms with Gasteiger partial charge in [0.15, 0.2) is 5.82 Å². The number of anilines is 1. The van der Waals surface area contributed by atoms with E-state index in [1.165, 1.54) is 11.7 Å². The molecule has 0 saturated carbocycles. The Labute approximate surface area is 119 Å². The largest absolute Gasteiger partial charge is 0.371 e. The van der Waals surface area contributed by atoms with E-state index in [1.807, 2.05) is 25.2 Å². The quantitative estimate of drug-likeness (QED) is 0.800. The van der Waals surface area contributed by atoms with Crippen LogP contribution in [0, 0.1) is 0 Å². The summed E-state index contributed by atoms with van der Waals surface area (Å²) in [6.45, 7) is 0. The Bertz CT molecular complexity index is 660. The SMILES string of the molecule is CNc1nsnc1Cc1nc(-c2ccccc2)cs1. The van der Waals surface area contributed by atoms with Gasteiger partial charge in [-0.3, -0.25) is 0 Å². The fraction of sp³-hybridized carbons (Fsp3) is 0.154. The molecule has 0 aliphatic rings. The molecule has 96 valence electrons. The minimum atomic E-state index is 0.726.